The number of nitrogens with one attached hydrogen (secondary N) is 1. The monoisotopic (exact) mass is 476 g/mol. The highest BCUT2D eigenvalue weighted by atomic mass is 32.1. The third kappa shape index (κ3) is 4.08. The Morgan fingerprint density at radius 1 is 1.24 bits per heavy atom. The molecule has 2 fully saturated rings. The molecular weight excluding hydrogens is 448 g/mol. The number of aryl methyl sites for hydroxylation is 1. The van der Waals surface area contributed by atoms with Crippen LogP contribution in [0, 0.1) is 13.8 Å². The smallest absolute Gasteiger partial charge is 0.335 e. The second kappa shape index (κ2) is 9.19. The molecule has 0 bridgehead atoms. The van der Waals surface area contributed by atoms with Crippen LogP contribution in [0.15, 0.2) is 54.7 Å². The summed E-state index contributed by atoms with van der Waals surface area (Å²) in [5.74, 6) is -0.937. The van der Waals surface area contributed by atoms with Gasteiger partial charge in [0, 0.05) is 36.4 Å². The van der Waals surface area contributed by atoms with Crippen LogP contribution in [0.4, 0.5) is 0 Å². The van der Waals surface area contributed by atoms with Gasteiger partial charge >= 0.3 is 5.97 Å². The summed E-state index contributed by atoms with van der Waals surface area (Å²) < 4.78 is 8.06. The van der Waals surface area contributed by atoms with Crippen molar-refractivity contribution in [3.05, 3.63) is 82.9 Å². The van der Waals surface area contributed by atoms with Crippen molar-refractivity contribution in [1.29, 1.82) is 0 Å². The minimum absolute atomic E-state index is 0.0609. The SMILES string of the molecule is Cc1cc([C@@H]2[C@@H](c3ccccn3)NC(=S)N2C[C@H]2CCCO2)c(C)n1-c1cccc(C(=O)O)c1. The molecule has 4 heterocycles. The van der Waals surface area contributed by atoms with Crippen molar-refractivity contribution in [2.75, 3.05) is 13.2 Å². The van der Waals surface area contributed by atoms with Gasteiger partial charge in [0.2, 0.25) is 0 Å². The quantitative estimate of drug-likeness (QED) is 0.513. The molecule has 0 amide bonds. The fraction of sp³-hybridized carbons (Fsp3) is 0.346. The summed E-state index contributed by atoms with van der Waals surface area (Å²) in [5, 5.41) is 13.7. The van der Waals surface area contributed by atoms with Crippen molar-refractivity contribution >= 4 is 23.3 Å². The maximum atomic E-state index is 11.6. The van der Waals surface area contributed by atoms with E-state index >= 15 is 0 Å². The number of thiocarbonyl (C=S) groups is 1. The largest absolute Gasteiger partial charge is 0.478 e. The number of nitrogens with zero attached hydrogens (tertiary/aromatic N) is 3. The second-order valence-electron chi connectivity index (χ2n) is 8.93. The van der Waals surface area contributed by atoms with E-state index in [2.05, 4.69) is 32.8 Å². The number of carboxylic acids is 1. The topological polar surface area (TPSA) is 79.6 Å². The first-order chi connectivity index (χ1) is 16.4. The summed E-state index contributed by atoms with van der Waals surface area (Å²) in [6, 6.07) is 15.0. The van der Waals surface area contributed by atoms with Gasteiger partial charge in [-0.15, -0.1) is 0 Å². The highest BCUT2D eigenvalue weighted by Gasteiger charge is 2.42. The van der Waals surface area contributed by atoms with Crippen LogP contribution in [0.1, 0.15) is 57.9 Å². The first kappa shape index (κ1) is 22.6. The fourth-order valence-corrected chi connectivity index (χ4v) is 5.53. The van der Waals surface area contributed by atoms with Gasteiger partial charge in [0.25, 0.3) is 0 Å². The molecule has 0 saturated carbocycles. The maximum Gasteiger partial charge on any atom is 0.335 e. The summed E-state index contributed by atoms with van der Waals surface area (Å²) in [7, 11) is 0. The number of ether oxygens (including phenoxy) is 1. The Morgan fingerprint density at radius 2 is 2.09 bits per heavy atom. The van der Waals surface area contributed by atoms with E-state index in [1.165, 1.54) is 0 Å². The lowest BCUT2D eigenvalue weighted by molar-refractivity contribution is 0.0696. The summed E-state index contributed by atoms with van der Waals surface area (Å²) in [6.45, 7) is 5.64. The van der Waals surface area contributed by atoms with Crippen LogP contribution < -0.4 is 5.32 Å². The van der Waals surface area contributed by atoms with Crippen molar-refractivity contribution in [2.45, 2.75) is 44.9 Å². The molecule has 2 aliphatic heterocycles. The molecule has 0 spiro atoms. The van der Waals surface area contributed by atoms with E-state index in [-0.39, 0.29) is 23.8 Å². The van der Waals surface area contributed by atoms with Crippen LogP contribution in [-0.4, -0.2) is 49.9 Å². The lowest BCUT2D eigenvalue weighted by Gasteiger charge is -2.30. The Kier molecular flexibility index (Phi) is 6.10. The zero-order valence-electron chi connectivity index (χ0n) is 19.3. The van der Waals surface area contributed by atoms with Gasteiger partial charge < -0.3 is 24.6 Å². The van der Waals surface area contributed by atoms with Crippen LogP contribution >= 0.6 is 12.2 Å². The van der Waals surface area contributed by atoms with Gasteiger partial charge in [0.05, 0.1) is 29.4 Å². The van der Waals surface area contributed by atoms with E-state index in [0.717, 1.165) is 54.3 Å². The zero-order valence-corrected chi connectivity index (χ0v) is 20.1. The molecule has 1 aromatic carbocycles. The number of aromatic carboxylic acids is 1. The molecule has 2 aliphatic rings. The number of carbonyl (C=O) groups is 1. The highest BCUT2D eigenvalue weighted by molar-refractivity contribution is 7.80. The Labute approximate surface area is 204 Å². The Hall–Kier alpha value is -3.23. The third-order valence-electron chi connectivity index (χ3n) is 6.76. The Morgan fingerprint density at radius 3 is 2.79 bits per heavy atom. The standard InChI is InChI=1S/C26H28N4O3S/c1-16-13-21(17(2)30(16)19-8-5-7-18(14-19)25(31)32)24-23(22-10-3-4-11-27-22)28-26(34)29(24)15-20-9-6-12-33-20/h3-5,7-8,10-11,13-14,20,23-24H,6,9,12,15H2,1-2H3,(H,28,34)(H,31,32)/t20-,23-,24-/m1/s1. The van der Waals surface area contributed by atoms with Gasteiger partial charge in [-0.2, -0.15) is 0 Å². The zero-order chi connectivity index (χ0) is 23.8. The molecule has 0 aliphatic carbocycles. The molecule has 7 nitrogen and oxygen atoms in total. The third-order valence-corrected chi connectivity index (χ3v) is 7.11. The van der Waals surface area contributed by atoms with Gasteiger partial charge in [-0.1, -0.05) is 12.1 Å². The first-order valence-electron chi connectivity index (χ1n) is 11.6. The minimum atomic E-state index is -0.937. The molecule has 2 aromatic heterocycles. The van der Waals surface area contributed by atoms with E-state index in [1.807, 2.05) is 31.2 Å². The molecule has 0 unspecified atom stereocenters. The summed E-state index contributed by atoms with van der Waals surface area (Å²) in [5.41, 5.74) is 5.25. The number of benzene rings is 1. The first-order valence-corrected chi connectivity index (χ1v) is 12.0. The van der Waals surface area contributed by atoms with Gasteiger partial charge in [0.1, 0.15) is 0 Å². The summed E-state index contributed by atoms with van der Waals surface area (Å²) >= 11 is 5.81. The van der Waals surface area contributed by atoms with Crippen molar-refractivity contribution in [3.8, 4) is 5.69 Å². The molecule has 5 rings (SSSR count). The number of hydrogen-bond acceptors (Lipinski definition) is 4. The van der Waals surface area contributed by atoms with E-state index in [1.54, 1.807) is 24.4 Å². The van der Waals surface area contributed by atoms with Crippen LogP contribution in [-0.2, 0) is 4.74 Å². The van der Waals surface area contributed by atoms with Crippen LogP contribution in [0.2, 0.25) is 0 Å². The van der Waals surface area contributed by atoms with Crippen molar-refractivity contribution in [3.63, 3.8) is 0 Å². The highest BCUT2D eigenvalue weighted by Crippen LogP contribution is 2.42. The van der Waals surface area contributed by atoms with Gasteiger partial charge in [-0.05, 0) is 80.9 Å². The van der Waals surface area contributed by atoms with Gasteiger partial charge in [-0.25, -0.2) is 4.79 Å². The van der Waals surface area contributed by atoms with Crippen molar-refractivity contribution < 1.29 is 14.6 Å². The Bertz CT molecular complexity index is 1220. The predicted octanol–water partition coefficient (Wildman–Crippen LogP) is 4.34. The minimum Gasteiger partial charge on any atom is -0.478 e. The summed E-state index contributed by atoms with van der Waals surface area (Å²) in [4.78, 5) is 18.4. The molecule has 176 valence electrons. The molecule has 3 aromatic rings. The molecule has 34 heavy (non-hydrogen) atoms. The van der Waals surface area contributed by atoms with E-state index in [9.17, 15) is 9.90 Å². The van der Waals surface area contributed by atoms with Crippen LogP contribution in [0.3, 0.4) is 0 Å². The maximum absolute atomic E-state index is 11.6. The number of rotatable bonds is 6. The van der Waals surface area contributed by atoms with Crippen molar-refractivity contribution in [2.24, 2.45) is 0 Å². The van der Waals surface area contributed by atoms with Crippen LogP contribution in [0.25, 0.3) is 5.69 Å². The predicted molar refractivity (Wildman–Crippen MR) is 133 cm³/mol. The lowest BCUT2D eigenvalue weighted by Crippen LogP contribution is -2.36. The van der Waals surface area contributed by atoms with E-state index in [4.69, 9.17) is 17.0 Å². The number of aromatic nitrogens is 2. The van der Waals surface area contributed by atoms with Crippen LogP contribution in [0.5, 0.6) is 0 Å². The molecule has 8 heteroatoms. The normalized spacial score (nSPS) is 22.2. The second-order valence-corrected chi connectivity index (χ2v) is 9.32. The molecule has 2 saturated heterocycles. The number of pyridine rings is 1. The number of hydrogen-bond donors (Lipinski definition) is 2. The molecule has 2 N–H and O–H groups in total. The van der Waals surface area contributed by atoms with E-state index < -0.39 is 5.97 Å². The van der Waals surface area contributed by atoms with E-state index in [0.29, 0.717) is 5.11 Å². The van der Waals surface area contributed by atoms with Crippen molar-refractivity contribution in [1.82, 2.24) is 19.8 Å². The molecular formula is C26H28N4O3S. The Balaban J connectivity index is 1.59. The number of carboxylic acid groups (broad SMARTS) is 1. The summed E-state index contributed by atoms with van der Waals surface area (Å²) in [6.07, 6.45) is 4.06. The average molecular weight is 477 g/mol. The van der Waals surface area contributed by atoms with Gasteiger partial charge in [0.15, 0.2) is 5.11 Å². The molecule has 0 radical (unpaired) electrons. The average Bonchev–Trinajstić information content (AvgIpc) is 3.53. The fourth-order valence-electron chi connectivity index (χ4n) is 5.21. The molecule has 3 atom stereocenters. The van der Waals surface area contributed by atoms with Gasteiger partial charge in [-0.3, -0.25) is 4.98 Å². The lowest BCUT2D eigenvalue weighted by atomic mass is 9.96.